The highest BCUT2D eigenvalue weighted by Crippen LogP contribution is 2.41. The maximum atomic E-state index is 13.7. The van der Waals surface area contributed by atoms with Crippen molar-refractivity contribution in [2.45, 2.75) is 26.4 Å². The van der Waals surface area contributed by atoms with Gasteiger partial charge in [-0.25, -0.2) is 8.78 Å². The van der Waals surface area contributed by atoms with Crippen molar-refractivity contribution < 1.29 is 27.9 Å². The zero-order chi connectivity index (χ0) is 22.3. The molecule has 0 aliphatic carbocycles. The van der Waals surface area contributed by atoms with E-state index in [9.17, 15) is 23.5 Å². The molecule has 1 atom stereocenters. The van der Waals surface area contributed by atoms with Gasteiger partial charge in [-0.3, -0.25) is 9.59 Å². The minimum absolute atomic E-state index is 0.00843. The first-order chi connectivity index (χ1) is 14.8. The van der Waals surface area contributed by atoms with Gasteiger partial charge in [0.15, 0.2) is 0 Å². The van der Waals surface area contributed by atoms with E-state index in [2.05, 4.69) is 0 Å². The lowest BCUT2D eigenvalue weighted by Gasteiger charge is -2.23. The van der Waals surface area contributed by atoms with E-state index >= 15 is 0 Å². The van der Waals surface area contributed by atoms with Gasteiger partial charge < -0.3 is 14.4 Å². The molecule has 3 aromatic rings. The van der Waals surface area contributed by atoms with E-state index in [1.165, 1.54) is 54.3 Å². The van der Waals surface area contributed by atoms with Crippen LogP contribution in [0.3, 0.4) is 0 Å². The third kappa shape index (κ3) is 3.74. The number of ketones is 1. The summed E-state index contributed by atoms with van der Waals surface area (Å²) in [5.74, 6) is -2.10. The average molecular weight is 423 g/mol. The minimum Gasteiger partial charge on any atom is -0.507 e. The first-order valence-electron chi connectivity index (χ1n) is 9.62. The van der Waals surface area contributed by atoms with Gasteiger partial charge in [0.2, 0.25) is 0 Å². The molecule has 1 aliphatic heterocycles. The maximum absolute atomic E-state index is 13.7. The lowest BCUT2D eigenvalue weighted by Crippen LogP contribution is -2.29. The summed E-state index contributed by atoms with van der Waals surface area (Å²) in [4.78, 5) is 27.1. The van der Waals surface area contributed by atoms with Gasteiger partial charge in [0.25, 0.3) is 11.7 Å². The van der Waals surface area contributed by atoms with Gasteiger partial charge in [-0.1, -0.05) is 12.1 Å². The second-order valence-corrected chi connectivity index (χ2v) is 7.47. The van der Waals surface area contributed by atoms with E-state index in [0.29, 0.717) is 17.1 Å². The Morgan fingerprint density at radius 2 is 1.74 bits per heavy atom. The molecule has 0 spiro atoms. The molecule has 2 heterocycles. The topological polar surface area (TPSA) is 70.8 Å². The van der Waals surface area contributed by atoms with E-state index in [1.807, 2.05) is 0 Å². The number of aryl methyl sites for hydroxylation is 2. The summed E-state index contributed by atoms with van der Waals surface area (Å²) in [6.45, 7) is 3.26. The predicted molar refractivity (Wildman–Crippen MR) is 109 cm³/mol. The van der Waals surface area contributed by atoms with Gasteiger partial charge in [-0.2, -0.15) is 0 Å². The van der Waals surface area contributed by atoms with E-state index < -0.39 is 35.1 Å². The van der Waals surface area contributed by atoms with E-state index in [0.717, 1.165) is 0 Å². The van der Waals surface area contributed by atoms with Crippen LogP contribution in [0.25, 0.3) is 5.76 Å². The number of carbonyl (C=O) groups excluding carboxylic acids is 2. The van der Waals surface area contributed by atoms with Crippen LogP contribution in [0, 0.1) is 25.5 Å². The number of halogens is 2. The van der Waals surface area contributed by atoms with Crippen molar-refractivity contribution in [2.75, 3.05) is 0 Å². The predicted octanol–water partition coefficient (Wildman–Crippen LogP) is 4.80. The Morgan fingerprint density at radius 1 is 1.03 bits per heavy atom. The van der Waals surface area contributed by atoms with Gasteiger partial charge in [0.1, 0.15) is 35.0 Å². The summed E-state index contributed by atoms with van der Waals surface area (Å²) >= 11 is 0. The van der Waals surface area contributed by atoms with Crippen molar-refractivity contribution in [1.29, 1.82) is 0 Å². The van der Waals surface area contributed by atoms with Crippen molar-refractivity contribution >= 4 is 17.4 Å². The monoisotopic (exact) mass is 423 g/mol. The molecule has 1 amide bonds. The van der Waals surface area contributed by atoms with Crippen LogP contribution in [0.4, 0.5) is 8.78 Å². The first kappa shape index (κ1) is 20.5. The molecule has 1 saturated heterocycles. The number of hydrogen-bond acceptors (Lipinski definition) is 4. The number of amides is 1. The Kier molecular flexibility index (Phi) is 5.19. The molecule has 5 nitrogen and oxygen atoms in total. The largest absolute Gasteiger partial charge is 0.507 e. The van der Waals surface area contributed by atoms with E-state index in [-0.39, 0.29) is 23.2 Å². The fourth-order valence-corrected chi connectivity index (χ4v) is 3.67. The second kappa shape index (κ2) is 7.83. The standard InChI is InChI=1S/C24H19F2NO4/c1-13-11-16(6-9-18(13)26)22(28)20-21(19-10-3-14(2)31-19)27(24(30)23(20)29)12-15-4-7-17(25)8-5-15/h3-11,21,28H,12H2,1-2H3/b22-20-. The summed E-state index contributed by atoms with van der Waals surface area (Å²) in [6.07, 6.45) is 0. The number of furan rings is 1. The molecule has 7 heteroatoms. The Morgan fingerprint density at radius 3 is 2.35 bits per heavy atom. The molecule has 0 bridgehead atoms. The molecule has 0 radical (unpaired) electrons. The zero-order valence-corrected chi connectivity index (χ0v) is 16.9. The first-order valence-corrected chi connectivity index (χ1v) is 9.62. The van der Waals surface area contributed by atoms with Crippen LogP contribution in [0.5, 0.6) is 0 Å². The summed E-state index contributed by atoms with van der Waals surface area (Å²) in [5, 5.41) is 10.9. The number of carbonyl (C=O) groups is 2. The van der Waals surface area contributed by atoms with Crippen LogP contribution < -0.4 is 0 Å². The molecule has 1 N–H and O–H groups in total. The van der Waals surface area contributed by atoms with Crippen LogP contribution in [0.15, 0.2) is 64.6 Å². The van der Waals surface area contributed by atoms with Crippen LogP contribution >= 0.6 is 0 Å². The molecule has 1 unspecified atom stereocenters. The summed E-state index contributed by atoms with van der Waals surface area (Å²) < 4.78 is 32.7. The van der Waals surface area contributed by atoms with Gasteiger partial charge in [-0.15, -0.1) is 0 Å². The van der Waals surface area contributed by atoms with Crippen molar-refractivity contribution in [3.63, 3.8) is 0 Å². The molecule has 31 heavy (non-hydrogen) atoms. The van der Waals surface area contributed by atoms with Crippen molar-refractivity contribution in [2.24, 2.45) is 0 Å². The van der Waals surface area contributed by atoms with Gasteiger partial charge >= 0.3 is 0 Å². The Labute approximate surface area is 177 Å². The summed E-state index contributed by atoms with van der Waals surface area (Å²) in [7, 11) is 0. The van der Waals surface area contributed by atoms with Gasteiger partial charge in [0, 0.05) is 12.1 Å². The molecule has 2 aromatic carbocycles. The van der Waals surface area contributed by atoms with Crippen molar-refractivity contribution in [1.82, 2.24) is 4.90 Å². The lowest BCUT2D eigenvalue weighted by atomic mass is 9.98. The third-order valence-corrected chi connectivity index (χ3v) is 5.27. The number of benzene rings is 2. The second-order valence-electron chi connectivity index (χ2n) is 7.47. The lowest BCUT2D eigenvalue weighted by molar-refractivity contribution is -0.140. The Bertz CT molecular complexity index is 1210. The van der Waals surface area contributed by atoms with Gasteiger partial charge in [-0.05, 0) is 67.4 Å². The normalized spacial score (nSPS) is 18.1. The average Bonchev–Trinajstić information content (AvgIpc) is 3.27. The van der Waals surface area contributed by atoms with E-state index in [1.54, 1.807) is 19.1 Å². The molecule has 0 saturated carbocycles. The zero-order valence-electron chi connectivity index (χ0n) is 16.9. The third-order valence-electron chi connectivity index (χ3n) is 5.27. The fourth-order valence-electron chi connectivity index (χ4n) is 3.67. The number of Topliss-reactive ketones (excluding diaryl/α,β-unsaturated/α-hetero) is 1. The highest BCUT2D eigenvalue weighted by atomic mass is 19.1. The number of aliphatic hydroxyl groups excluding tert-OH is 1. The van der Waals surface area contributed by atoms with E-state index in [4.69, 9.17) is 4.42 Å². The van der Waals surface area contributed by atoms with Crippen LogP contribution in [-0.2, 0) is 16.1 Å². The molecule has 1 aliphatic rings. The number of hydrogen-bond donors (Lipinski definition) is 1. The molecular weight excluding hydrogens is 404 g/mol. The minimum atomic E-state index is -0.982. The number of aliphatic hydroxyl groups is 1. The van der Waals surface area contributed by atoms with Crippen LogP contribution in [0.2, 0.25) is 0 Å². The molecular formula is C24H19F2NO4. The Balaban J connectivity index is 1.84. The smallest absolute Gasteiger partial charge is 0.296 e. The molecule has 158 valence electrons. The fraction of sp³-hybridized carbons (Fsp3) is 0.167. The quantitative estimate of drug-likeness (QED) is 0.372. The summed E-state index contributed by atoms with van der Waals surface area (Å²) in [6, 6.07) is 11.8. The maximum Gasteiger partial charge on any atom is 0.296 e. The number of likely N-dealkylation sites (tertiary alicyclic amines) is 1. The highest BCUT2D eigenvalue weighted by molar-refractivity contribution is 6.46. The van der Waals surface area contributed by atoms with Crippen LogP contribution in [-0.4, -0.2) is 21.7 Å². The number of rotatable bonds is 4. The number of nitrogens with zero attached hydrogens (tertiary/aromatic N) is 1. The highest BCUT2D eigenvalue weighted by Gasteiger charge is 2.47. The molecule has 1 aromatic heterocycles. The van der Waals surface area contributed by atoms with Gasteiger partial charge in [0.05, 0.1) is 5.57 Å². The van der Waals surface area contributed by atoms with Crippen molar-refractivity contribution in [3.05, 3.63) is 100 Å². The molecule has 4 rings (SSSR count). The molecule has 1 fully saturated rings. The Hall–Kier alpha value is -3.74. The summed E-state index contributed by atoms with van der Waals surface area (Å²) in [5.41, 5.74) is 0.962. The SMILES string of the molecule is Cc1ccc(C2/C(=C(/O)c3ccc(F)c(C)c3)C(=O)C(=O)N2Cc2ccc(F)cc2)o1. The van der Waals surface area contributed by atoms with Crippen LogP contribution in [0.1, 0.15) is 34.3 Å². The van der Waals surface area contributed by atoms with Crippen molar-refractivity contribution in [3.8, 4) is 0 Å².